The molecule has 1 saturated carbocycles. The number of ether oxygens (including phenoxy) is 3. The number of esters is 2. The molecule has 1 aliphatic carbocycles. The van der Waals surface area contributed by atoms with Gasteiger partial charge in [0.15, 0.2) is 0 Å². The van der Waals surface area contributed by atoms with Gasteiger partial charge in [0, 0.05) is 6.54 Å². The summed E-state index contributed by atoms with van der Waals surface area (Å²) in [7, 11) is 0. The summed E-state index contributed by atoms with van der Waals surface area (Å²) in [5, 5.41) is 0. The maximum atomic E-state index is 12.9. The second kappa shape index (κ2) is 12.2. The van der Waals surface area contributed by atoms with Crippen LogP contribution in [0.5, 0.6) is 0 Å². The van der Waals surface area contributed by atoms with E-state index in [1.807, 2.05) is 30.3 Å². The van der Waals surface area contributed by atoms with E-state index in [4.69, 9.17) is 14.2 Å². The van der Waals surface area contributed by atoms with Crippen LogP contribution in [-0.4, -0.2) is 48.2 Å². The molecule has 0 N–H and O–H groups in total. The van der Waals surface area contributed by atoms with E-state index in [2.05, 4.69) is 20.8 Å². The average molecular weight is 474 g/mol. The van der Waals surface area contributed by atoms with Crippen molar-refractivity contribution in [3.63, 3.8) is 0 Å². The van der Waals surface area contributed by atoms with Gasteiger partial charge in [-0.2, -0.15) is 0 Å². The predicted molar refractivity (Wildman–Crippen MR) is 128 cm³/mol. The van der Waals surface area contributed by atoms with Crippen LogP contribution in [0.25, 0.3) is 0 Å². The number of carbonyl (C=O) groups is 3. The molecule has 7 nitrogen and oxygen atoms in total. The molecule has 1 aliphatic heterocycles. The molecule has 1 aromatic carbocycles. The summed E-state index contributed by atoms with van der Waals surface area (Å²) in [6, 6.07) is 8.63. The Kier molecular flexibility index (Phi) is 9.36. The number of nitrogens with zero attached hydrogens (tertiary/aromatic N) is 1. The summed E-state index contributed by atoms with van der Waals surface area (Å²) >= 11 is 0. The Labute approximate surface area is 203 Å². The number of rotatable bonds is 8. The molecular weight excluding hydrogens is 434 g/mol. The SMILES string of the molecule is CCOC(=O)[C@@H]1CC(CC(=O)O[C@H]2C[C@@H](C)CC[C@@H]2C(C)C)CN1C(=O)OCc1ccccc1. The molecule has 2 aliphatic rings. The van der Waals surface area contributed by atoms with Gasteiger partial charge in [0.05, 0.1) is 13.0 Å². The number of carbonyl (C=O) groups excluding carboxylic acids is 3. The summed E-state index contributed by atoms with van der Waals surface area (Å²) in [6.07, 6.45) is 3.04. The second-order valence-electron chi connectivity index (χ2n) is 10.1. The molecule has 0 bridgehead atoms. The number of amides is 1. The van der Waals surface area contributed by atoms with Crippen molar-refractivity contribution in [2.45, 2.75) is 78.6 Å². The van der Waals surface area contributed by atoms with Gasteiger partial charge in [0.25, 0.3) is 0 Å². The Morgan fingerprint density at radius 3 is 2.47 bits per heavy atom. The molecule has 2 fully saturated rings. The van der Waals surface area contributed by atoms with Gasteiger partial charge < -0.3 is 14.2 Å². The van der Waals surface area contributed by atoms with E-state index in [-0.39, 0.29) is 44.2 Å². The molecule has 1 unspecified atom stereocenters. The van der Waals surface area contributed by atoms with Crippen molar-refractivity contribution in [2.75, 3.05) is 13.2 Å². The summed E-state index contributed by atoms with van der Waals surface area (Å²) in [4.78, 5) is 39.6. The van der Waals surface area contributed by atoms with Gasteiger partial charge in [-0.3, -0.25) is 9.69 Å². The third-order valence-electron chi connectivity index (χ3n) is 7.09. The lowest BCUT2D eigenvalue weighted by Crippen LogP contribution is -2.41. The van der Waals surface area contributed by atoms with Gasteiger partial charge in [0.2, 0.25) is 0 Å². The number of hydrogen-bond acceptors (Lipinski definition) is 6. The number of benzene rings is 1. The van der Waals surface area contributed by atoms with Crippen LogP contribution >= 0.6 is 0 Å². The molecule has 5 atom stereocenters. The van der Waals surface area contributed by atoms with Crippen molar-refractivity contribution >= 4 is 18.0 Å². The van der Waals surface area contributed by atoms with E-state index in [0.29, 0.717) is 24.2 Å². The molecule has 0 aromatic heterocycles. The van der Waals surface area contributed by atoms with Crippen LogP contribution in [0.4, 0.5) is 4.79 Å². The Morgan fingerprint density at radius 2 is 1.79 bits per heavy atom. The van der Waals surface area contributed by atoms with Crippen molar-refractivity contribution in [2.24, 2.45) is 23.7 Å². The van der Waals surface area contributed by atoms with Gasteiger partial charge >= 0.3 is 18.0 Å². The Balaban J connectivity index is 1.60. The average Bonchev–Trinajstić information content (AvgIpc) is 3.22. The highest BCUT2D eigenvalue weighted by atomic mass is 16.6. The quantitative estimate of drug-likeness (QED) is 0.392. The molecule has 188 valence electrons. The first-order chi connectivity index (χ1) is 16.3. The van der Waals surface area contributed by atoms with Crippen LogP contribution < -0.4 is 0 Å². The molecule has 1 aromatic rings. The minimum absolute atomic E-state index is 0.0644. The predicted octanol–water partition coefficient (Wildman–Crippen LogP) is 4.97. The van der Waals surface area contributed by atoms with E-state index in [1.165, 1.54) is 11.3 Å². The van der Waals surface area contributed by atoms with Crippen LogP contribution in [0.1, 0.15) is 65.4 Å². The summed E-state index contributed by atoms with van der Waals surface area (Å²) in [5.74, 6) is 0.486. The molecule has 34 heavy (non-hydrogen) atoms. The highest BCUT2D eigenvalue weighted by Crippen LogP contribution is 2.36. The summed E-state index contributed by atoms with van der Waals surface area (Å²) in [6.45, 7) is 8.91. The monoisotopic (exact) mass is 473 g/mol. The second-order valence-corrected chi connectivity index (χ2v) is 10.1. The van der Waals surface area contributed by atoms with Crippen molar-refractivity contribution in [3.05, 3.63) is 35.9 Å². The Hall–Kier alpha value is -2.57. The lowest BCUT2D eigenvalue weighted by molar-refractivity contribution is -0.157. The van der Waals surface area contributed by atoms with Gasteiger partial charge in [-0.05, 0) is 55.4 Å². The standard InChI is InChI=1S/C27H39NO6/c1-5-32-26(30)23-14-21(16-28(23)27(31)33-17-20-9-7-6-8-10-20)15-25(29)34-24-13-19(4)11-12-22(24)18(2)3/h6-10,18-19,21-24H,5,11-17H2,1-4H3/t19-,21?,22+,23-,24-/m0/s1. The fourth-order valence-electron chi connectivity index (χ4n) is 5.24. The van der Waals surface area contributed by atoms with Crippen LogP contribution in [0.3, 0.4) is 0 Å². The zero-order valence-electron chi connectivity index (χ0n) is 20.9. The fourth-order valence-corrected chi connectivity index (χ4v) is 5.24. The smallest absolute Gasteiger partial charge is 0.410 e. The molecule has 7 heteroatoms. The third-order valence-corrected chi connectivity index (χ3v) is 7.09. The van der Waals surface area contributed by atoms with Crippen LogP contribution in [0, 0.1) is 23.7 Å². The third kappa shape index (κ3) is 6.97. The summed E-state index contributed by atoms with van der Waals surface area (Å²) in [5.41, 5.74) is 0.865. The first kappa shape index (κ1) is 26.0. The number of likely N-dealkylation sites (tertiary alicyclic amines) is 1. The lowest BCUT2D eigenvalue weighted by Gasteiger charge is -2.36. The van der Waals surface area contributed by atoms with E-state index < -0.39 is 18.1 Å². The van der Waals surface area contributed by atoms with Gasteiger partial charge in [-0.1, -0.05) is 57.5 Å². The molecular formula is C27H39NO6. The Bertz CT molecular complexity index is 826. The number of hydrogen-bond donors (Lipinski definition) is 0. The first-order valence-electron chi connectivity index (χ1n) is 12.6. The highest BCUT2D eigenvalue weighted by molar-refractivity contribution is 5.82. The normalized spacial score (nSPS) is 26.9. The van der Waals surface area contributed by atoms with E-state index in [1.54, 1.807) is 6.92 Å². The van der Waals surface area contributed by atoms with Crippen molar-refractivity contribution in [1.29, 1.82) is 0 Å². The van der Waals surface area contributed by atoms with Crippen LogP contribution in [0.15, 0.2) is 30.3 Å². The zero-order chi connectivity index (χ0) is 24.7. The van der Waals surface area contributed by atoms with Gasteiger partial charge in [-0.25, -0.2) is 9.59 Å². The lowest BCUT2D eigenvalue weighted by atomic mass is 9.75. The first-order valence-corrected chi connectivity index (χ1v) is 12.6. The van der Waals surface area contributed by atoms with E-state index >= 15 is 0 Å². The van der Waals surface area contributed by atoms with Gasteiger partial charge in [0.1, 0.15) is 18.8 Å². The minimum atomic E-state index is -0.751. The maximum absolute atomic E-state index is 12.9. The van der Waals surface area contributed by atoms with Crippen LogP contribution in [-0.2, 0) is 30.4 Å². The van der Waals surface area contributed by atoms with Crippen molar-refractivity contribution < 1.29 is 28.6 Å². The van der Waals surface area contributed by atoms with E-state index in [9.17, 15) is 14.4 Å². The molecule has 1 heterocycles. The van der Waals surface area contributed by atoms with Crippen LogP contribution in [0.2, 0.25) is 0 Å². The van der Waals surface area contributed by atoms with E-state index in [0.717, 1.165) is 18.4 Å². The summed E-state index contributed by atoms with van der Waals surface area (Å²) < 4.78 is 16.6. The van der Waals surface area contributed by atoms with Crippen molar-refractivity contribution in [1.82, 2.24) is 4.90 Å². The Morgan fingerprint density at radius 1 is 1.06 bits per heavy atom. The fraction of sp³-hybridized carbons (Fsp3) is 0.667. The highest BCUT2D eigenvalue weighted by Gasteiger charge is 2.43. The largest absolute Gasteiger partial charge is 0.464 e. The molecule has 0 radical (unpaired) electrons. The zero-order valence-corrected chi connectivity index (χ0v) is 20.9. The molecule has 3 rings (SSSR count). The van der Waals surface area contributed by atoms with Gasteiger partial charge in [-0.15, -0.1) is 0 Å². The maximum Gasteiger partial charge on any atom is 0.410 e. The minimum Gasteiger partial charge on any atom is -0.464 e. The molecule has 1 saturated heterocycles. The van der Waals surface area contributed by atoms with Crippen molar-refractivity contribution in [3.8, 4) is 0 Å². The topological polar surface area (TPSA) is 82.1 Å². The molecule has 0 spiro atoms. The molecule has 1 amide bonds.